The second kappa shape index (κ2) is 7.63. The van der Waals surface area contributed by atoms with Crippen LogP contribution in [0.25, 0.3) is 0 Å². The third kappa shape index (κ3) is 4.13. The molecule has 2 heterocycles. The number of amides is 2. The first kappa shape index (κ1) is 16.0. The zero-order valence-corrected chi connectivity index (χ0v) is 13.7. The highest BCUT2D eigenvalue weighted by molar-refractivity contribution is 5.99. The standard InChI is InChI=1S/C17H21N5O2/c1-24-14-7-5-13(6-8-14)20-17(23)21-15-11-16(19-12-18-15)22-9-3-2-4-10-22/h5-8,11-12H,2-4,9-10H2,1H3,(H2,18,19,20,21,23). The van der Waals surface area contributed by atoms with E-state index in [0.29, 0.717) is 11.5 Å². The molecule has 1 aliphatic rings. The molecule has 0 aliphatic carbocycles. The molecule has 1 aromatic heterocycles. The van der Waals surface area contributed by atoms with Crippen LogP contribution in [0.4, 0.5) is 22.1 Å². The average molecular weight is 327 g/mol. The van der Waals surface area contributed by atoms with Crippen molar-refractivity contribution in [2.75, 3.05) is 35.7 Å². The molecule has 3 rings (SSSR count). The Labute approximate surface area is 141 Å². The fraction of sp³-hybridized carbons (Fsp3) is 0.353. The van der Waals surface area contributed by atoms with Crippen molar-refractivity contribution < 1.29 is 9.53 Å². The Morgan fingerprint density at radius 3 is 2.54 bits per heavy atom. The molecule has 0 spiro atoms. The number of ether oxygens (including phenoxy) is 1. The molecule has 2 N–H and O–H groups in total. The Balaban J connectivity index is 1.61. The Kier molecular flexibility index (Phi) is 5.10. The predicted octanol–water partition coefficient (Wildman–Crippen LogP) is 3.12. The van der Waals surface area contributed by atoms with Gasteiger partial charge in [0.25, 0.3) is 0 Å². The van der Waals surface area contributed by atoms with E-state index < -0.39 is 0 Å². The van der Waals surface area contributed by atoms with Crippen molar-refractivity contribution in [1.29, 1.82) is 0 Å². The van der Waals surface area contributed by atoms with E-state index >= 15 is 0 Å². The van der Waals surface area contributed by atoms with Gasteiger partial charge in [-0.15, -0.1) is 0 Å². The summed E-state index contributed by atoms with van der Waals surface area (Å²) < 4.78 is 5.09. The van der Waals surface area contributed by atoms with Gasteiger partial charge < -0.3 is 15.0 Å². The van der Waals surface area contributed by atoms with Gasteiger partial charge in [-0.25, -0.2) is 14.8 Å². The lowest BCUT2D eigenvalue weighted by Crippen LogP contribution is -2.30. The molecule has 0 atom stereocenters. The van der Waals surface area contributed by atoms with Gasteiger partial charge in [-0.3, -0.25) is 5.32 Å². The largest absolute Gasteiger partial charge is 0.497 e. The lowest BCUT2D eigenvalue weighted by molar-refractivity contribution is 0.262. The number of urea groups is 1. The molecule has 1 saturated heterocycles. The van der Waals surface area contributed by atoms with Crippen LogP contribution in [0.1, 0.15) is 19.3 Å². The Bertz CT molecular complexity index is 684. The lowest BCUT2D eigenvalue weighted by Gasteiger charge is -2.27. The maximum Gasteiger partial charge on any atom is 0.324 e. The van der Waals surface area contributed by atoms with Crippen molar-refractivity contribution >= 4 is 23.4 Å². The number of piperidine rings is 1. The molecule has 0 saturated carbocycles. The molecular formula is C17H21N5O2. The molecular weight excluding hydrogens is 306 g/mol. The summed E-state index contributed by atoms with van der Waals surface area (Å²) in [6.45, 7) is 1.99. The Morgan fingerprint density at radius 2 is 1.83 bits per heavy atom. The highest BCUT2D eigenvalue weighted by atomic mass is 16.5. The van der Waals surface area contributed by atoms with E-state index in [1.807, 2.05) is 0 Å². The smallest absolute Gasteiger partial charge is 0.324 e. The highest BCUT2D eigenvalue weighted by Crippen LogP contribution is 2.19. The second-order valence-corrected chi connectivity index (χ2v) is 5.62. The van der Waals surface area contributed by atoms with Crippen molar-refractivity contribution in [3.8, 4) is 5.75 Å². The number of carbonyl (C=O) groups excluding carboxylic acids is 1. The first-order chi connectivity index (χ1) is 11.7. The van der Waals surface area contributed by atoms with Crippen LogP contribution in [-0.2, 0) is 0 Å². The minimum atomic E-state index is -0.344. The number of rotatable bonds is 4. The molecule has 7 heteroatoms. The summed E-state index contributed by atoms with van der Waals surface area (Å²) in [5.41, 5.74) is 0.679. The van der Waals surface area contributed by atoms with E-state index in [-0.39, 0.29) is 6.03 Å². The maximum absolute atomic E-state index is 12.1. The quantitative estimate of drug-likeness (QED) is 0.902. The molecule has 2 aromatic rings. The predicted molar refractivity (Wildman–Crippen MR) is 93.7 cm³/mol. The molecule has 0 unspecified atom stereocenters. The van der Waals surface area contributed by atoms with Crippen molar-refractivity contribution in [3.63, 3.8) is 0 Å². The van der Waals surface area contributed by atoms with E-state index in [0.717, 1.165) is 24.7 Å². The van der Waals surface area contributed by atoms with Crippen LogP contribution in [0.15, 0.2) is 36.7 Å². The summed E-state index contributed by atoms with van der Waals surface area (Å²) in [5, 5.41) is 5.50. The van der Waals surface area contributed by atoms with Crippen LogP contribution in [0.2, 0.25) is 0 Å². The molecule has 2 amide bonds. The van der Waals surface area contributed by atoms with E-state index in [1.165, 1.54) is 25.6 Å². The third-order valence-electron chi connectivity index (χ3n) is 3.92. The number of nitrogens with zero attached hydrogens (tertiary/aromatic N) is 3. The van der Waals surface area contributed by atoms with Crippen molar-refractivity contribution in [2.24, 2.45) is 0 Å². The molecule has 0 bridgehead atoms. The molecule has 24 heavy (non-hydrogen) atoms. The molecule has 7 nitrogen and oxygen atoms in total. The number of nitrogens with one attached hydrogen (secondary N) is 2. The zero-order chi connectivity index (χ0) is 16.8. The summed E-state index contributed by atoms with van der Waals surface area (Å²) in [6.07, 6.45) is 5.08. The lowest BCUT2D eigenvalue weighted by atomic mass is 10.1. The van der Waals surface area contributed by atoms with Crippen LogP contribution in [0.5, 0.6) is 5.75 Å². The van der Waals surface area contributed by atoms with Gasteiger partial charge in [-0.2, -0.15) is 0 Å². The van der Waals surface area contributed by atoms with E-state index in [2.05, 4.69) is 25.5 Å². The van der Waals surface area contributed by atoms with Gasteiger partial charge in [0.05, 0.1) is 7.11 Å². The molecule has 1 aromatic carbocycles. The average Bonchev–Trinajstić information content (AvgIpc) is 2.63. The van der Waals surface area contributed by atoms with Crippen LogP contribution in [-0.4, -0.2) is 36.2 Å². The monoisotopic (exact) mass is 327 g/mol. The number of aromatic nitrogens is 2. The van der Waals surface area contributed by atoms with Gasteiger partial charge >= 0.3 is 6.03 Å². The van der Waals surface area contributed by atoms with E-state index in [9.17, 15) is 4.79 Å². The first-order valence-electron chi connectivity index (χ1n) is 8.03. The highest BCUT2D eigenvalue weighted by Gasteiger charge is 2.13. The Morgan fingerprint density at radius 1 is 1.08 bits per heavy atom. The van der Waals surface area contributed by atoms with Crippen molar-refractivity contribution in [3.05, 3.63) is 36.7 Å². The van der Waals surface area contributed by atoms with Crippen molar-refractivity contribution in [1.82, 2.24) is 9.97 Å². The number of carbonyl (C=O) groups is 1. The molecule has 1 fully saturated rings. The normalized spacial score (nSPS) is 14.1. The van der Waals surface area contributed by atoms with Crippen molar-refractivity contribution in [2.45, 2.75) is 19.3 Å². The maximum atomic E-state index is 12.1. The summed E-state index contributed by atoms with van der Waals surface area (Å²) >= 11 is 0. The van der Waals surface area contributed by atoms with E-state index in [1.54, 1.807) is 37.4 Å². The van der Waals surface area contributed by atoms with E-state index in [4.69, 9.17) is 4.74 Å². The molecule has 126 valence electrons. The number of hydrogen-bond donors (Lipinski definition) is 2. The van der Waals surface area contributed by atoms with Gasteiger partial charge in [0, 0.05) is 24.8 Å². The second-order valence-electron chi connectivity index (χ2n) is 5.62. The van der Waals surface area contributed by atoms with Gasteiger partial charge in [0.15, 0.2) is 0 Å². The summed E-state index contributed by atoms with van der Waals surface area (Å²) in [5.74, 6) is 2.07. The fourth-order valence-corrected chi connectivity index (χ4v) is 2.66. The number of benzene rings is 1. The molecule has 1 aliphatic heterocycles. The topological polar surface area (TPSA) is 79.4 Å². The van der Waals surface area contributed by atoms with Gasteiger partial charge in [-0.1, -0.05) is 0 Å². The summed E-state index contributed by atoms with van der Waals surface area (Å²) in [6, 6.07) is 8.58. The van der Waals surface area contributed by atoms with Crippen LogP contribution < -0.4 is 20.3 Å². The Hall–Kier alpha value is -2.83. The third-order valence-corrected chi connectivity index (χ3v) is 3.92. The summed E-state index contributed by atoms with van der Waals surface area (Å²) in [7, 11) is 1.60. The van der Waals surface area contributed by atoms with Crippen LogP contribution in [0.3, 0.4) is 0 Å². The van der Waals surface area contributed by atoms with Gasteiger partial charge in [-0.05, 0) is 43.5 Å². The SMILES string of the molecule is COc1ccc(NC(=O)Nc2cc(N3CCCCC3)ncn2)cc1. The number of methoxy groups -OCH3 is 1. The number of hydrogen-bond acceptors (Lipinski definition) is 5. The summed E-state index contributed by atoms with van der Waals surface area (Å²) in [4.78, 5) is 22.7. The van der Waals surface area contributed by atoms with Crippen LogP contribution in [0, 0.1) is 0 Å². The zero-order valence-electron chi connectivity index (χ0n) is 13.7. The minimum Gasteiger partial charge on any atom is -0.497 e. The molecule has 0 radical (unpaired) electrons. The van der Waals surface area contributed by atoms with Gasteiger partial charge in [0.1, 0.15) is 23.7 Å². The first-order valence-corrected chi connectivity index (χ1v) is 8.03. The van der Waals surface area contributed by atoms with Crippen LogP contribution >= 0.6 is 0 Å². The number of anilines is 3. The fourth-order valence-electron chi connectivity index (χ4n) is 2.66. The minimum absolute atomic E-state index is 0.344. The van der Waals surface area contributed by atoms with Gasteiger partial charge in [0.2, 0.25) is 0 Å².